The van der Waals surface area contributed by atoms with Crippen LogP contribution >= 0.6 is 0 Å². The Labute approximate surface area is 141 Å². The Morgan fingerprint density at radius 3 is 2.62 bits per heavy atom. The Hall–Kier alpha value is -1.67. The summed E-state index contributed by atoms with van der Waals surface area (Å²) in [7, 11) is 0. The molecule has 7 nitrogen and oxygen atoms in total. The highest BCUT2D eigenvalue weighted by Gasteiger charge is 2.23. The van der Waals surface area contributed by atoms with Crippen LogP contribution in [0.5, 0.6) is 0 Å². The Bertz CT molecular complexity index is 550. The molecule has 2 atom stereocenters. The van der Waals surface area contributed by atoms with E-state index < -0.39 is 30.2 Å². The molecule has 1 aliphatic heterocycles. The molecule has 2 unspecified atom stereocenters. The number of carbonyl (C=O) groups excluding carboxylic acids is 1. The summed E-state index contributed by atoms with van der Waals surface area (Å²) >= 11 is 0. The number of hydrogen-bond acceptors (Lipinski definition) is 6. The molecule has 7 heteroatoms. The van der Waals surface area contributed by atoms with Gasteiger partial charge in [0.15, 0.2) is 6.29 Å². The number of carbonyl (C=O) groups is 1. The number of benzene rings is 1. The third kappa shape index (κ3) is 5.45. The van der Waals surface area contributed by atoms with Crippen molar-refractivity contribution in [2.45, 2.75) is 44.9 Å². The van der Waals surface area contributed by atoms with Gasteiger partial charge in [0.2, 0.25) is 0 Å². The first-order valence-corrected chi connectivity index (χ1v) is 7.92. The Balaban J connectivity index is 1.91. The van der Waals surface area contributed by atoms with Crippen molar-refractivity contribution < 1.29 is 29.2 Å². The first-order chi connectivity index (χ1) is 11.3. The summed E-state index contributed by atoms with van der Waals surface area (Å²) in [4.78, 5) is 11.6. The molecular weight excluding hydrogens is 314 g/mol. The van der Waals surface area contributed by atoms with Crippen molar-refractivity contribution in [2.75, 3.05) is 19.8 Å². The van der Waals surface area contributed by atoms with Gasteiger partial charge in [-0.1, -0.05) is 18.2 Å². The van der Waals surface area contributed by atoms with E-state index in [-0.39, 0.29) is 6.54 Å². The van der Waals surface area contributed by atoms with Crippen LogP contribution in [0.2, 0.25) is 0 Å². The maximum Gasteiger partial charge on any atom is 0.407 e. The van der Waals surface area contributed by atoms with E-state index >= 15 is 0 Å². The minimum absolute atomic E-state index is 0.128. The molecule has 1 fully saturated rings. The lowest BCUT2D eigenvalue weighted by atomic mass is 10.0. The fourth-order valence-corrected chi connectivity index (χ4v) is 2.28. The van der Waals surface area contributed by atoms with E-state index in [1.807, 2.05) is 6.07 Å². The van der Waals surface area contributed by atoms with Crippen LogP contribution in [0.4, 0.5) is 4.79 Å². The highest BCUT2D eigenvalue weighted by molar-refractivity contribution is 5.67. The summed E-state index contributed by atoms with van der Waals surface area (Å²) in [6.45, 7) is 6.17. The quantitative estimate of drug-likeness (QED) is 0.755. The second kappa shape index (κ2) is 7.94. The van der Waals surface area contributed by atoms with Crippen molar-refractivity contribution in [3.8, 4) is 0 Å². The van der Waals surface area contributed by atoms with Crippen molar-refractivity contribution in [1.29, 1.82) is 0 Å². The van der Waals surface area contributed by atoms with Crippen LogP contribution in [0.1, 0.15) is 44.3 Å². The second-order valence-electron chi connectivity index (χ2n) is 6.64. The topological polar surface area (TPSA) is 97.3 Å². The van der Waals surface area contributed by atoms with Crippen LogP contribution in [0.15, 0.2) is 24.3 Å². The number of aliphatic hydroxyl groups excluding tert-OH is 2. The molecule has 0 radical (unpaired) electrons. The zero-order valence-corrected chi connectivity index (χ0v) is 14.2. The van der Waals surface area contributed by atoms with E-state index in [4.69, 9.17) is 14.2 Å². The van der Waals surface area contributed by atoms with E-state index in [0.717, 1.165) is 5.56 Å². The van der Waals surface area contributed by atoms with Crippen LogP contribution in [0, 0.1) is 0 Å². The lowest BCUT2D eigenvalue weighted by molar-refractivity contribution is -0.0444. The molecule has 0 aliphatic carbocycles. The first kappa shape index (κ1) is 18.7. The van der Waals surface area contributed by atoms with Gasteiger partial charge in [-0.05, 0) is 32.4 Å². The van der Waals surface area contributed by atoms with Gasteiger partial charge in [0.1, 0.15) is 17.8 Å². The van der Waals surface area contributed by atoms with E-state index in [0.29, 0.717) is 18.8 Å². The van der Waals surface area contributed by atoms with Crippen molar-refractivity contribution >= 4 is 6.09 Å². The summed E-state index contributed by atoms with van der Waals surface area (Å²) in [5.74, 6) is 0. The fraction of sp³-hybridized carbons (Fsp3) is 0.588. The molecule has 1 heterocycles. The van der Waals surface area contributed by atoms with Gasteiger partial charge in [-0.25, -0.2) is 4.79 Å². The molecule has 0 saturated carbocycles. The molecule has 2 rings (SSSR count). The molecule has 0 aromatic heterocycles. The van der Waals surface area contributed by atoms with E-state index in [1.54, 1.807) is 39.0 Å². The predicted octanol–water partition coefficient (Wildman–Crippen LogP) is 1.65. The molecular formula is C17H25NO6. The number of hydrogen-bond donors (Lipinski definition) is 3. The SMILES string of the molecule is CC(C)(C)OC(=O)NCC(O)C(O)c1cccc(C2OCCO2)c1. The Kier molecular flexibility index (Phi) is 6.17. The van der Waals surface area contributed by atoms with Crippen LogP contribution in [-0.4, -0.2) is 47.8 Å². The predicted molar refractivity (Wildman–Crippen MR) is 86.3 cm³/mol. The van der Waals surface area contributed by atoms with E-state index in [2.05, 4.69) is 5.32 Å². The minimum Gasteiger partial charge on any atom is -0.444 e. The van der Waals surface area contributed by atoms with E-state index in [9.17, 15) is 15.0 Å². The minimum atomic E-state index is -1.17. The monoisotopic (exact) mass is 339 g/mol. The molecule has 0 spiro atoms. The number of nitrogens with one attached hydrogen (secondary N) is 1. The van der Waals surface area contributed by atoms with Gasteiger partial charge in [0, 0.05) is 12.1 Å². The number of alkyl carbamates (subject to hydrolysis) is 1. The lowest BCUT2D eigenvalue weighted by Gasteiger charge is -2.22. The van der Waals surface area contributed by atoms with Gasteiger partial charge < -0.3 is 29.7 Å². The van der Waals surface area contributed by atoms with Gasteiger partial charge in [-0.3, -0.25) is 0 Å². The van der Waals surface area contributed by atoms with Crippen LogP contribution in [-0.2, 0) is 14.2 Å². The normalized spacial score (nSPS) is 18.2. The summed E-state index contributed by atoms with van der Waals surface area (Å²) < 4.78 is 15.9. The van der Waals surface area contributed by atoms with Gasteiger partial charge in [-0.2, -0.15) is 0 Å². The van der Waals surface area contributed by atoms with Gasteiger partial charge in [-0.15, -0.1) is 0 Å². The molecule has 1 aromatic carbocycles. The Morgan fingerprint density at radius 2 is 2.00 bits per heavy atom. The summed E-state index contributed by atoms with van der Waals surface area (Å²) in [6, 6.07) is 7.00. The number of rotatable bonds is 5. The van der Waals surface area contributed by atoms with Crippen LogP contribution < -0.4 is 5.32 Å². The van der Waals surface area contributed by atoms with Crippen molar-refractivity contribution in [3.05, 3.63) is 35.4 Å². The third-order valence-electron chi connectivity index (χ3n) is 3.37. The molecule has 1 saturated heterocycles. The number of aliphatic hydroxyl groups is 2. The van der Waals surface area contributed by atoms with Crippen molar-refractivity contribution in [3.63, 3.8) is 0 Å². The molecule has 1 amide bonds. The smallest absolute Gasteiger partial charge is 0.407 e. The van der Waals surface area contributed by atoms with Crippen molar-refractivity contribution in [2.24, 2.45) is 0 Å². The van der Waals surface area contributed by atoms with Crippen molar-refractivity contribution in [1.82, 2.24) is 5.32 Å². The molecule has 24 heavy (non-hydrogen) atoms. The summed E-state index contributed by atoms with van der Waals surface area (Å²) in [6.07, 6.45) is -3.41. The highest BCUT2D eigenvalue weighted by atomic mass is 16.7. The number of amides is 1. The Morgan fingerprint density at radius 1 is 1.33 bits per heavy atom. The van der Waals surface area contributed by atoms with Crippen LogP contribution in [0.3, 0.4) is 0 Å². The third-order valence-corrected chi connectivity index (χ3v) is 3.37. The average molecular weight is 339 g/mol. The first-order valence-electron chi connectivity index (χ1n) is 7.92. The second-order valence-corrected chi connectivity index (χ2v) is 6.64. The van der Waals surface area contributed by atoms with Crippen LogP contribution in [0.25, 0.3) is 0 Å². The van der Waals surface area contributed by atoms with Gasteiger partial charge in [0.05, 0.1) is 13.2 Å². The summed E-state index contributed by atoms with van der Waals surface area (Å²) in [5, 5.41) is 22.8. The summed E-state index contributed by atoms with van der Waals surface area (Å²) in [5.41, 5.74) is 0.671. The zero-order valence-electron chi connectivity index (χ0n) is 14.2. The molecule has 0 bridgehead atoms. The maximum absolute atomic E-state index is 11.6. The molecule has 3 N–H and O–H groups in total. The molecule has 134 valence electrons. The fourth-order valence-electron chi connectivity index (χ4n) is 2.28. The maximum atomic E-state index is 11.6. The average Bonchev–Trinajstić information content (AvgIpc) is 3.05. The molecule has 1 aromatic rings. The zero-order chi connectivity index (χ0) is 17.7. The largest absolute Gasteiger partial charge is 0.444 e. The molecule has 1 aliphatic rings. The van der Waals surface area contributed by atoms with Gasteiger partial charge in [0.25, 0.3) is 0 Å². The highest BCUT2D eigenvalue weighted by Crippen LogP contribution is 2.26. The van der Waals surface area contributed by atoms with E-state index in [1.165, 1.54) is 0 Å². The van der Waals surface area contributed by atoms with Gasteiger partial charge >= 0.3 is 6.09 Å². The number of ether oxygens (including phenoxy) is 3. The lowest BCUT2D eigenvalue weighted by Crippen LogP contribution is -2.38. The standard InChI is InChI=1S/C17H25NO6/c1-17(2,3)24-16(21)18-10-13(19)14(20)11-5-4-6-12(9-11)15-22-7-8-23-15/h4-6,9,13-15,19-20H,7-8,10H2,1-3H3,(H,18,21).